The van der Waals surface area contributed by atoms with E-state index in [-0.39, 0.29) is 0 Å². The van der Waals surface area contributed by atoms with Crippen LogP contribution in [0.5, 0.6) is 0 Å². The number of nitrogens with zero attached hydrogens (tertiary/aromatic N) is 4. The van der Waals surface area contributed by atoms with Crippen molar-refractivity contribution in [2.24, 2.45) is 0 Å². The van der Waals surface area contributed by atoms with Crippen LogP contribution in [0.25, 0.3) is 16.9 Å². The Morgan fingerprint density at radius 3 is 2.42 bits per heavy atom. The highest BCUT2D eigenvalue weighted by atomic mass is 79.9. The van der Waals surface area contributed by atoms with Crippen LogP contribution >= 0.6 is 31.9 Å². The van der Waals surface area contributed by atoms with Crippen molar-refractivity contribution >= 4 is 43.3 Å². The first-order valence-corrected chi connectivity index (χ1v) is 10.8. The maximum absolute atomic E-state index is 4.98. The molecule has 26 heavy (non-hydrogen) atoms. The van der Waals surface area contributed by atoms with Crippen molar-refractivity contribution in [2.75, 3.05) is 18.0 Å². The Bertz CT molecular complexity index is 898. The summed E-state index contributed by atoms with van der Waals surface area (Å²) in [6.07, 6.45) is 7.05. The third-order valence-corrected chi connectivity index (χ3v) is 5.54. The normalized spacial score (nSPS) is 11.3. The second-order valence-electron chi connectivity index (χ2n) is 6.32. The van der Waals surface area contributed by atoms with Gasteiger partial charge >= 0.3 is 0 Å². The van der Waals surface area contributed by atoms with Crippen LogP contribution in [0.4, 0.5) is 5.82 Å². The lowest BCUT2D eigenvalue weighted by molar-refractivity contribution is 0.725. The van der Waals surface area contributed by atoms with Crippen LogP contribution < -0.4 is 4.90 Å². The predicted octanol–water partition coefficient (Wildman–Crippen LogP) is 6.11. The molecule has 0 spiro atoms. The summed E-state index contributed by atoms with van der Waals surface area (Å²) in [5.74, 6) is 1.21. The second kappa shape index (κ2) is 8.53. The van der Waals surface area contributed by atoms with E-state index in [1.54, 1.807) is 0 Å². The van der Waals surface area contributed by atoms with Gasteiger partial charge in [0.2, 0.25) is 0 Å². The first kappa shape index (κ1) is 19.4. The molecule has 0 N–H and O–H groups in total. The summed E-state index contributed by atoms with van der Waals surface area (Å²) in [4.78, 5) is 12.1. The smallest absolute Gasteiger partial charge is 0.165 e. The van der Waals surface area contributed by atoms with E-state index in [2.05, 4.69) is 73.0 Å². The fourth-order valence-corrected chi connectivity index (χ4v) is 4.55. The molecule has 0 atom stereocenters. The van der Waals surface area contributed by atoms with Crippen LogP contribution in [-0.2, 0) is 6.42 Å². The molecule has 2 aromatic heterocycles. The maximum atomic E-state index is 4.98. The fourth-order valence-electron chi connectivity index (χ4n) is 3.32. The minimum atomic E-state index is 0.903. The predicted molar refractivity (Wildman–Crippen MR) is 116 cm³/mol. The van der Waals surface area contributed by atoms with Crippen molar-refractivity contribution in [1.29, 1.82) is 0 Å². The van der Waals surface area contributed by atoms with Crippen molar-refractivity contribution in [2.45, 2.75) is 40.0 Å². The van der Waals surface area contributed by atoms with Crippen LogP contribution in [0.15, 0.2) is 39.5 Å². The molecular formula is C20H24Br2N4. The zero-order chi connectivity index (χ0) is 18.7. The second-order valence-corrected chi connectivity index (χ2v) is 8.09. The number of fused-ring (bicyclic) bond motifs is 1. The molecule has 0 saturated heterocycles. The van der Waals surface area contributed by atoms with Gasteiger partial charge in [0.15, 0.2) is 5.65 Å². The summed E-state index contributed by atoms with van der Waals surface area (Å²) in [6, 6.07) is 6.16. The van der Waals surface area contributed by atoms with Gasteiger partial charge in [-0.1, -0.05) is 58.7 Å². The number of imidazole rings is 1. The number of aryl methyl sites for hydroxylation is 1. The first-order chi connectivity index (χ1) is 12.6. The van der Waals surface area contributed by atoms with Gasteiger partial charge in [-0.3, -0.25) is 9.38 Å². The molecule has 4 nitrogen and oxygen atoms in total. The molecule has 0 unspecified atom stereocenters. The van der Waals surface area contributed by atoms with Crippen LogP contribution in [0.1, 0.15) is 39.3 Å². The summed E-state index contributed by atoms with van der Waals surface area (Å²) < 4.78 is 4.26. The quantitative estimate of drug-likeness (QED) is 0.409. The lowest BCUT2D eigenvalue weighted by Gasteiger charge is -2.24. The molecule has 0 saturated carbocycles. The molecule has 0 aliphatic heterocycles. The number of anilines is 1. The van der Waals surface area contributed by atoms with E-state index >= 15 is 0 Å². The van der Waals surface area contributed by atoms with E-state index in [1.165, 1.54) is 5.82 Å². The number of rotatable bonds is 7. The number of halogens is 2. The zero-order valence-corrected chi connectivity index (χ0v) is 18.6. The van der Waals surface area contributed by atoms with Gasteiger partial charge < -0.3 is 4.90 Å². The van der Waals surface area contributed by atoms with Gasteiger partial charge in [0.05, 0.1) is 5.69 Å². The largest absolute Gasteiger partial charge is 0.356 e. The van der Waals surface area contributed by atoms with E-state index < -0.39 is 0 Å². The molecule has 3 rings (SSSR count). The van der Waals surface area contributed by atoms with Crippen molar-refractivity contribution in [1.82, 2.24) is 14.4 Å². The molecule has 0 aliphatic carbocycles. The lowest BCUT2D eigenvalue weighted by Crippen LogP contribution is -2.27. The molecule has 0 bridgehead atoms. The topological polar surface area (TPSA) is 33.4 Å². The minimum absolute atomic E-state index is 0.903. The maximum Gasteiger partial charge on any atom is 0.165 e. The van der Waals surface area contributed by atoms with Gasteiger partial charge in [0.25, 0.3) is 0 Å². The molecule has 0 amide bonds. The molecule has 6 heteroatoms. The summed E-state index contributed by atoms with van der Waals surface area (Å²) in [7, 11) is 0. The monoisotopic (exact) mass is 478 g/mol. The standard InChI is InChI=1S/C20H24Br2N4/c1-4-10-25(11-5-2)20-17(6-3)24-19-18(23-9-12-26(19)20)15-8-7-14(21)13-16(15)22/h7-9,12-13H,4-6,10-11H2,1-3H3. The third kappa shape index (κ3) is 3.67. The van der Waals surface area contributed by atoms with E-state index in [9.17, 15) is 0 Å². The molecule has 1 aromatic carbocycles. The van der Waals surface area contributed by atoms with Crippen molar-refractivity contribution in [3.05, 3.63) is 45.2 Å². The third-order valence-electron chi connectivity index (χ3n) is 4.39. The number of hydrogen-bond donors (Lipinski definition) is 0. The number of benzene rings is 1. The highest BCUT2D eigenvalue weighted by Crippen LogP contribution is 2.34. The van der Waals surface area contributed by atoms with E-state index in [1.807, 2.05) is 24.5 Å². The summed E-state index contributed by atoms with van der Waals surface area (Å²) in [5.41, 5.74) is 4.00. The lowest BCUT2D eigenvalue weighted by atomic mass is 10.1. The molecule has 0 aliphatic rings. The van der Waals surface area contributed by atoms with Gasteiger partial charge in [-0.15, -0.1) is 0 Å². The fraction of sp³-hybridized carbons (Fsp3) is 0.400. The van der Waals surface area contributed by atoms with Gasteiger partial charge in [-0.2, -0.15) is 0 Å². The molecule has 138 valence electrons. The minimum Gasteiger partial charge on any atom is -0.356 e. The molecular weight excluding hydrogens is 456 g/mol. The van der Waals surface area contributed by atoms with Crippen molar-refractivity contribution in [3.8, 4) is 11.3 Å². The van der Waals surface area contributed by atoms with Crippen LogP contribution in [0.3, 0.4) is 0 Å². The van der Waals surface area contributed by atoms with Crippen LogP contribution in [-0.4, -0.2) is 27.5 Å². The summed E-state index contributed by atoms with van der Waals surface area (Å²) >= 11 is 7.19. The Balaban J connectivity index is 2.23. The van der Waals surface area contributed by atoms with E-state index in [0.717, 1.165) is 63.9 Å². The Labute approximate surface area is 171 Å². The van der Waals surface area contributed by atoms with Crippen LogP contribution in [0, 0.1) is 0 Å². The SMILES string of the molecule is CCCN(CCC)c1c(CC)nc2c(-c3ccc(Br)cc3Br)nccn12. The van der Waals surface area contributed by atoms with Crippen LogP contribution in [0.2, 0.25) is 0 Å². The van der Waals surface area contributed by atoms with Gasteiger partial charge in [-0.05, 0) is 31.4 Å². The average molecular weight is 480 g/mol. The Morgan fingerprint density at radius 1 is 1.08 bits per heavy atom. The first-order valence-electron chi connectivity index (χ1n) is 9.16. The van der Waals surface area contributed by atoms with Crippen molar-refractivity contribution in [3.63, 3.8) is 0 Å². The van der Waals surface area contributed by atoms with Gasteiger partial charge in [0.1, 0.15) is 11.5 Å². The molecule has 2 heterocycles. The highest BCUT2D eigenvalue weighted by molar-refractivity contribution is 9.11. The Morgan fingerprint density at radius 2 is 1.81 bits per heavy atom. The molecule has 3 aromatic rings. The average Bonchev–Trinajstić information content (AvgIpc) is 3.00. The van der Waals surface area contributed by atoms with E-state index in [0.29, 0.717) is 0 Å². The zero-order valence-electron chi connectivity index (χ0n) is 15.5. The van der Waals surface area contributed by atoms with Crippen molar-refractivity contribution < 1.29 is 0 Å². The Kier molecular flexibility index (Phi) is 6.35. The number of hydrogen-bond acceptors (Lipinski definition) is 3. The van der Waals surface area contributed by atoms with Gasteiger partial charge in [0, 0.05) is 40.0 Å². The number of aromatic nitrogens is 3. The summed E-state index contributed by atoms with van der Waals surface area (Å²) in [5, 5.41) is 0. The van der Waals surface area contributed by atoms with Gasteiger partial charge in [-0.25, -0.2) is 4.98 Å². The summed E-state index contributed by atoms with van der Waals surface area (Å²) in [6.45, 7) is 8.69. The molecule has 0 radical (unpaired) electrons. The Hall–Kier alpha value is -1.40. The van der Waals surface area contributed by atoms with E-state index in [4.69, 9.17) is 4.98 Å². The molecule has 0 fully saturated rings. The highest BCUT2D eigenvalue weighted by Gasteiger charge is 2.20.